The van der Waals surface area contributed by atoms with E-state index in [-0.39, 0.29) is 0 Å². The van der Waals surface area contributed by atoms with Crippen molar-refractivity contribution in [2.45, 2.75) is 64.1 Å². The number of hydrogen-bond acceptors (Lipinski definition) is 3. The summed E-state index contributed by atoms with van der Waals surface area (Å²) in [6.45, 7) is 3.37. The Morgan fingerprint density at radius 3 is 2.80 bits per heavy atom. The van der Waals surface area contributed by atoms with E-state index in [9.17, 15) is 0 Å². The Morgan fingerprint density at radius 1 is 1.25 bits per heavy atom. The van der Waals surface area contributed by atoms with Crippen LogP contribution in [0.15, 0.2) is 18.3 Å². The smallest absolute Gasteiger partial charge is 0.128 e. The first-order chi connectivity index (χ1) is 9.74. The molecule has 2 unspecified atom stereocenters. The predicted molar refractivity (Wildman–Crippen MR) is 83.9 cm³/mol. The van der Waals surface area contributed by atoms with E-state index in [1.165, 1.54) is 44.1 Å². The fourth-order valence-corrected chi connectivity index (χ4v) is 3.36. The van der Waals surface area contributed by atoms with E-state index < -0.39 is 0 Å². The fraction of sp³-hybridized carbons (Fsp3) is 0.706. The van der Waals surface area contributed by atoms with E-state index in [0.717, 1.165) is 24.3 Å². The fourth-order valence-electron chi connectivity index (χ4n) is 3.36. The van der Waals surface area contributed by atoms with Crippen molar-refractivity contribution in [1.82, 2.24) is 10.3 Å². The van der Waals surface area contributed by atoms with Gasteiger partial charge in [0.25, 0.3) is 0 Å². The summed E-state index contributed by atoms with van der Waals surface area (Å²) in [5, 5.41) is 3.58. The number of rotatable bonds is 5. The van der Waals surface area contributed by atoms with Crippen LogP contribution in [0, 0.1) is 5.92 Å². The van der Waals surface area contributed by atoms with Crippen LogP contribution >= 0.6 is 0 Å². The molecule has 2 saturated carbocycles. The number of hydrogen-bond donors (Lipinski definition) is 1. The minimum absolute atomic E-state index is 0.655. The summed E-state index contributed by atoms with van der Waals surface area (Å²) in [6, 6.07) is 5.82. The third-order valence-electron chi connectivity index (χ3n) is 4.91. The highest BCUT2D eigenvalue weighted by Crippen LogP contribution is 2.30. The standard InChI is InChI=1S/C17H27N3/c1-13-5-3-4-6-16(13)20(2)17-11-14(9-10-18-17)12-19-15-7-8-15/h9-11,13,15-16,19H,3-8,12H2,1-2H3. The average Bonchev–Trinajstić information content (AvgIpc) is 3.29. The van der Waals surface area contributed by atoms with Gasteiger partial charge in [-0.05, 0) is 49.3 Å². The maximum absolute atomic E-state index is 4.59. The molecule has 0 aromatic carbocycles. The molecular weight excluding hydrogens is 246 g/mol. The topological polar surface area (TPSA) is 28.2 Å². The molecule has 2 aliphatic carbocycles. The second kappa shape index (κ2) is 6.13. The molecule has 2 aliphatic rings. The van der Waals surface area contributed by atoms with Crippen LogP contribution in [-0.4, -0.2) is 24.1 Å². The van der Waals surface area contributed by atoms with Crippen molar-refractivity contribution in [1.29, 1.82) is 0 Å². The van der Waals surface area contributed by atoms with Gasteiger partial charge in [-0.1, -0.05) is 19.8 Å². The number of aromatic nitrogens is 1. The molecule has 0 aliphatic heterocycles. The Hall–Kier alpha value is -1.09. The lowest BCUT2D eigenvalue weighted by Crippen LogP contribution is -2.39. The van der Waals surface area contributed by atoms with Crippen molar-refractivity contribution < 1.29 is 0 Å². The van der Waals surface area contributed by atoms with Gasteiger partial charge in [-0.25, -0.2) is 4.98 Å². The molecule has 0 saturated heterocycles. The summed E-state index contributed by atoms with van der Waals surface area (Å²) in [5.74, 6) is 1.92. The summed E-state index contributed by atoms with van der Waals surface area (Å²) >= 11 is 0. The van der Waals surface area contributed by atoms with Gasteiger partial charge in [0.1, 0.15) is 5.82 Å². The molecule has 3 rings (SSSR count). The van der Waals surface area contributed by atoms with E-state index in [2.05, 4.69) is 41.3 Å². The van der Waals surface area contributed by atoms with Crippen molar-refractivity contribution in [2.75, 3.05) is 11.9 Å². The highest BCUT2D eigenvalue weighted by atomic mass is 15.2. The number of nitrogens with zero attached hydrogens (tertiary/aromatic N) is 2. The zero-order valence-corrected chi connectivity index (χ0v) is 12.8. The molecule has 1 aromatic rings. The second-order valence-electron chi connectivity index (χ2n) is 6.62. The first-order valence-electron chi connectivity index (χ1n) is 8.15. The van der Waals surface area contributed by atoms with Crippen molar-refractivity contribution in [2.24, 2.45) is 5.92 Å². The molecule has 0 bridgehead atoms. The molecular formula is C17H27N3. The van der Waals surface area contributed by atoms with Crippen LogP contribution in [0.3, 0.4) is 0 Å². The Balaban J connectivity index is 1.66. The molecule has 1 heterocycles. The molecule has 20 heavy (non-hydrogen) atoms. The third-order valence-corrected chi connectivity index (χ3v) is 4.91. The van der Waals surface area contributed by atoms with Gasteiger partial charge in [0.05, 0.1) is 0 Å². The summed E-state index contributed by atoms with van der Waals surface area (Å²) < 4.78 is 0. The quantitative estimate of drug-likeness (QED) is 0.891. The number of nitrogens with one attached hydrogen (secondary N) is 1. The monoisotopic (exact) mass is 273 g/mol. The molecule has 110 valence electrons. The van der Waals surface area contributed by atoms with Crippen molar-refractivity contribution >= 4 is 5.82 Å². The largest absolute Gasteiger partial charge is 0.356 e. The summed E-state index contributed by atoms with van der Waals surface area (Å²) in [4.78, 5) is 7.00. The van der Waals surface area contributed by atoms with Crippen molar-refractivity contribution in [3.8, 4) is 0 Å². The number of pyridine rings is 1. The SMILES string of the molecule is CC1CCCCC1N(C)c1cc(CNC2CC2)ccn1. The van der Waals surface area contributed by atoms with E-state index in [1.54, 1.807) is 0 Å². The molecule has 2 fully saturated rings. The van der Waals surface area contributed by atoms with Crippen LogP contribution < -0.4 is 10.2 Å². The molecule has 0 amide bonds. The molecule has 2 atom stereocenters. The molecule has 1 aromatic heterocycles. The van der Waals surface area contributed by atoms with Crippen LogP contribution in [0.4, 0.5) is 5.82 Å². The van der Waals surface area contributed by atoms with Gasteiger partial charge < -0.3 is 10.2 Å². The van der Waals surface area contributed by atoms with Gasteiger partial charge in [0.15, 0.2) is 0 Å². The zero-order chi connectivity index (χ0) is 13.9. The number of anilines is 1. The van der Waals surface area contributed by atoms with Crippen LogP contribution in [0.2, 0.25) is 0 Å². The van der Waals surface area contributed by atoms with Gasteiger partial charge in [0.2, 0.25) is 0 Å². The van der Waals surface area contributed by atoms with Crippen LogP contribution in [0.1, 0.15) is 51.0 Å². The maximum Gasteiger partial charge on any atom is 0.128 e. The summed E-state index contributed by atoms with van der Waals surface area (Å²) in [6.07, 6.45) is 10.1. The van der Waals surface area contributed by atoms with E-state index in [1.807, 2.05) is 6.20 Å². The highest BCUT2D eigenvalue weighted by molar-refractivity contribution is 5.41. The Labute approximate surface area is 122 Å². The Morgan fingerprint density at radius 2 is 2.05 bits per heavy atom. The molecule has 0 radical (unpaired) electrons. The van der Waals surface area contributed by atoms with Crippen molar-refractivity contribution in [3.63, 3.8) is 0 Å². The lowest BCUT2D eigenvalue weighted by Gasteiger charge is -2.37. The maximum atomic E-state index is 4.59. The van der Waals surface area contributed by atoms with Crippen LogP contribution in [0.5, 0.6) is 0 Å². The van der Waals surface area contributed by atoms with E-state index >= 15 is 0 Å². The van der Waals surface area contributed by atoms with Crippen molar-refractivity contribution in [3.05, 3.63) is 23.9 Å². The van der Waals surface area contributed by atoms with Gasteiger partial charge >= 0.3 is 0 Å². The zero-order valence-electron chi connectivity index (χ0n) is 12.8. The van der Waals surface area contributed by atoms with E-state index in [0.29, 0.717) is 6.04 Å². The van der Waals surface area contributed by atoms with Crippen LogP contribution in [0.25, 0.3) is 0 Å². The predicted octanol–water partition coefficient (Wildman–Crippen LogP) is 3.35. The second-order valence-corrected chi connectivity index (χ2v) is 6.62. The Bertz CT molecular complexity index is 442. The van der Waals surface area contributed by atoms with E-state index in [4.69, 9.17) is 0 Å². The van der Waals surface area contributed by atoms with Gasteiger partial charge in [-0.2, -0.15) is 0 Å². The molecule has 0 spiro atoms. The highest BCUT2D eigenvalue weighted by Gasteiger charge is 2.26. The average molecular weight is 273 g/mol. The lowest BCUT2D eigenvalue weighted by molar-refractivity contribution is 0.320. The minimum atomic E-state index is 0.655. The first-order valence-corrected chi connectivity index (χ1v) is 8.15. The van der Waals surface area contributed by atoms with Gasteiger partial charge in [0, 0.05) is 31.9 Å². The Kier molecular flexibility index (Phi) is 4.25. The molecule has 3 nitrogen and oxygen atoms in total. The summed E-state index contributed by atoms with van der Waals surface area (Å²) in [7, 11) is 2.22. The third kappa shape index (κ3) is 3.32. The minimum Gasteiger partial charge on any atom is -0.356 e. The normalized spacial score (nSPS) is 26.5. The first kappa shape index (κ1) is 13.9. The van der Waals surface area contributed by atoms with Crippen LogP contribution in [-0.2, 0) is 6.54 Å². The lowest BCUT2D eigenvalue weighted by atomic mass is 9.85. The van der Waals surface area contributed by atoms with Gasteiger partial charge in [-0.15, -0.1) is 0 Å². The van der Waals surface area contributed by atoms with Gasteiger partial charge in [-0.3, -0.25) is 0 Å². The molecule has 1 N–H and O–H groups in total. The summed E-state index contributed by atoms with van der Waals surface area (Å²) in [5.41, 5.74) is 1.36. The molecule has 3 heteroatoms.